The van der Waals surface area contributed by atoms with E-state index < -0.39 is 11.2 Å². The molecule has 1 aliphatic heterocycles. The molecular weight excluding hydrogens is 346 g/mol. The number of nitrogens with zero attached hydrogens (tertiary/aromatic N) is 1. The molecule has 0 saturated carbocycles. The molecule has 1 aromatic rings. The zero-order chi connectivity index (χ0) is 19.1. The maximum atomic E-state index is 12.2. The zero-order valence-electron chi connectivity index (χ0n) is 14.7. The summed E-state index contributed by atoms with van der Waals surface area (Å²) in [5.74, 6) is 0.436. The van der Waals surface area contributed by atoms with Crippen molar-refractivity contribution in [3.05, 3.63) is 33.4 Å². The molecule has 0 saturated heterocycles. The Morgan fingerprint density at radius 2 is 2.12 bits per heavy atom. The Morgan fingerprint density at radius 1 is 1.35 bits per heavy atom. The van der Waals surface area contributed by atoms with Crippen molar-refractivity contribution in [3.8, 4) is 11.5 Å². The van der Waals surface area contributed by atoms with Crippen molar-refractivity contribution in [2.45, 2.75) is 38.9 Å². The van der Waals surface area contributed by atoms with Gasteiger partial charge in [-0.15, -0.1) is 10.1 Å². The van der Waals surface area contributed by atoms with Gasteiger partial charge in [0.1, 0.15) is 12.7 Å². The molecule has 26 heavy (non-hydrogen) atoms. The predicted octanol–water partition coefficient (Wildman–Crippen LogP) is 2.12. The monoisotopic (exact) mass is 367 g/mol. The lowest BCUT2D eigenvalue weighted by Crippen LogP contribution is -2.27. The minimum atomic E-state index is -0.861. The number of unbranched alkanes of at least 4 members (excludes halogenated alkanes) is 1. The van der Waals surface area contributed by atoms with E-state index in [4.69, 9.17) is 14.2 Å². The Morgan fingerprint density at radius 3 is 2.81 bits per heavy atom. The molecule has 0 aliphatic carbocycles. The first-order valence-electron chi connectivity index (χ1n) is 8.21. The summed E-state index contributed by atoms with van der Waals surface area (Å²) >= 11 is 0. The first-order chi connectivity index (χ1) is 12.4. The van der Waals surface area contributed by atoms with Crippen molar-refractivity contribution in [3.63, 3.8) is 0 Å². The average molecular weight is 367 g/mol. The van der Waals surface area contributed by atoms with Crippen LogP contribution in [0.25, 0.3) is 0 Å². The number of carbonyl (C=O) groups excluding carboxylic acids is 2. The second-order valence-electron chi connectivity index (χ2n) is 5.82. The molecule has 9 heteroatoms. The fraction of sp³-hybridized carbons (Fsp3) is 0.529. The van der Waals surface area contributed by atoms with E-state index >= 15 is 0 Å². The lowest BCUT2D eigenvalue weighted by atomic mass is 9.97. The molecule has 0 spiro atoms. The van der Waals surface area contributed by atoms with Crippen LogP contribution in [0.3, 0.4) is 0 Å². The fourth-order valence-electron chi connectivity index (χ4n) is 2.53. The quantitative estimate of drug-likeness (QED) is 0.351. The minimum Gasteiger partial charge on any atom is -0.493 e. The zero-order valence-corrected chi connectivity index (χ0v) is 14.7. The molecule has 9 nitrogen and oxygen atoms in total. The number of hydrogen-bond acceptors (Lipinski definition) is 8. The summed E-state index contributed by atoms with van der Waals surface area (Å²) in [4.78, 5) is 38.3. The number of benzene rings is 1. The van der Waals surface area contributed by atoms with E-state index in [0.29, 0.717) is 36.5 Å². The number of ketones is 2. The highest BCUT2D eigenvalue weighted by Gasteiger charge is 2.27. The molecule has 1 atom stereocenters. The molecule has 0 N–H and O–H groups in total. The van der Waals surface area contributed by atoms with Gasteiger partial charge in [-0.1, -0.05) is 0 Å². The molecule has 0 amide bonds. The SMILES string of the molecule is COc1cc2c(cc1OCC(=O)CCCCO[N+](=O)[O-])C(=O)C(C)OC2. The number of hydrogen-bond donors (Lipinski definition) is 0. The standard InChI is InChI=1S/C17H21NO8/c1-11-17(20)14-8-16(15(23-2)7-12(14)9-24-11)25-10-13(19)5-3-4-6-26-18(21)22/h7-8,11H,3-6,9-10H2,1-2H3. The number of Topliss-reactive ketones (excluding diaryl/α,β-unsaturated/α-hetero) is 2. The van der Waals surface area contributed by atoms with Gasteiger partial charge in [-0.25, -0.2) is 0 Å². The molecule has 2 rings (SSSR count). The highest BCUT2D eigenvalue weighted by molar-refractivity contribution is 6.01. The molecule has 1 aliphatic rings. The lowest BCUT2D eigenvalue weighted by molar-refractivity contribution is -0.757. The lowest BCUT2D eigenvalue weighted by Gasteiger charge is -2.23. The minimum absolute atomic E-state index is 0.0395. The average Bonchev–Trinajstić information content (AvgIpc) is 2.62. The van der Waals surface area contributed by atoms with Gasteiger partial charge in [0, 0.05) is 12.0 Å². The largest absolute Gasteiger partial charge is 0.493 e. The Bertz CT molecular complexity index is 688. The van der Waals surface area contributed by atoms with E-state index in [2.05, 4.69) is 4.84 Å². The predicted molar refractivity (Wildman–Crippen MR) is 88.9 cm³/mol. The van der Waals surface area contributed by atoms with Crippen molar-refractivity contribution in [2.24, 2.45) is 0 Å². The Labute approximate surface area is 150 Å². The van der Waals surface area contributed by atoms with Crippen molar-refractivity contribution in [1.82, 2.24) is 0 Å². The van der Waals surface area contributed by atoms with Crippen LogP contribution in [0.4, 0.5) is 0 Å². The van der Waals surface area contributed by atoms with E-state index in [0.717, 1.165) is 5.56 Å². The van der Waals surface area contributed by atoms with Crippen LogP contribution < -0.4 is 9.47 Å². The highest BCUT2D eigenvalue weighted by Crippen LogP contribution is 2.34. The van der Waals surface area contributed by atoms with Crippen LogP contribution in [-0.4, -0.2) is 43.1 Å². The molecule has 0 aromatic heterocycles. The third-order valence-corrected chi connectivity index (χ3v) is 3.95. The second kappa shape index (κ2) is 9.14. The van der Waals surface area contributed by atoms with Gasteiger partial charge in [0.05, 0.1) is 20.3 Å². The van der Waals surface area contributed by atoms with Gasteiger partial charge in [0.15, 0.2) is 23.1 Å². The summed E-state index contributed by atoms with van der Waals surface area (Å²) in [6.45, 7) is 1.78. The van der Waals surface area contributed by atoms with E-state index in [1.54, 1.807) is 19.1 Å². The summed E-state index contributed by atoms with van der Waals surface area (Å²) in [6.07, 6.45) is 0.566. The number of fused-ring (bicyclic) bond motifs is 1. The van der Waals surface area contributed by atoms with Crippen LogP contribution in [0.15, 0.2) is 12.1 Å². The number of methoxy groups -OCH3 is 1. The van der Waals surface area contributed by atoms with Crippen LogP contribution in [0.1, 0.15) is 42.1 Å². The van der Waals surface area contributed by atoms with E-state index in [9.17, 15) is 19.7 Å². The molecule has 1 unspecified atom stereocenters. The second-order valence-corrected chi connectivity index (χ2v) is 5.82. The van der Waals surface area contributed by atoms with Crippen LogP contribution in [0.2, 0.25) is 0 Å². The van der Waals surface area contributed by atoms with Gasteiger partial charge < -0.3 is 19.0 Å². The topological polar surface area (TPSA) is 114 Å². The van der Waals surface area contributed by atoms with Gasteiger partial charge in [0.2, 0.25) is 0 Å². The third kappa shape index (κ3) is 5.16. The summed E-state index contributed by atoms with van der Waals surface area (Å²) in [7, 11) is 1.47. The number of rotatable bonds is 10. The van der Waals surface area contributed by atoms with Crippen molar-refractivity contribution in [2.75, 3.05) is 20.3 Å². The van der Waals surface area contributed by atoms with E-state index in [-0.39, 0.29) is 31.2 Å². The molecule has 142 valence electrons. The van der Waals surface area contributed by atoms with E-state index in [1.807, 2.05) is 0 Å². The maximum Gasteiger partial charge on any atom is 0.294 e. The van der Waals surface area contributed by atoms with Crippen LogP contribution in [-0.2, 0) is 21.0 Å². The first kappa shape index (κ1) is 19.6. The van der Waals surface area contributed by atoms with Crippen LogP contribution >= 0.6 is 0 Å². The Hall–Kier alpha value is -2.68. The highest BCUT2D eigenvalue weighted by atomic mass is 16.9. The van der Waals surface area contributed by atoms with Crippen molar-refractivity contribution in [1.29, 1.82) is 0 Å². The maximum absolute atomic E-state index is 12.2. The molecule has 0 radical (unpaired) electrons. The normalized spacial score (nSPS) is 15.9. The van der Waals surface area contributed by atoms with Gasteiger partial charge in [-0.05, 0) is 37.5 Å². The van der Waals surface area contributed by atoms with Gasteiger partial charge in [-0.2, -0.15) is 0 Å². The smallest absolute Gasteiger partial charge is 0.294 e. The molecule has 0 fully saturated rings. The number of ether oxygens (including phenoxy) is 3. The fourth-order valence-corrected chi connectivity index (χ4v) is 2.53. The molecule has 0 bridgehead atoms. The number of carbonyl (C=O) groups is 2. The van der Waals surface area contributed by atoms with Crippen molar-refractivity contribution < 1.29 is 33.7 Å². The Balaban J connectivity index is 1.91. The van der Waals surface area contributed by atoms with Crippen molar-refractivity contribution >= 4 is 11.6 Å². The van der Waals surface area contributed by atoms with Gasteiger partial charge in [0.25, 0.3) is 5.09 Å². The van der Waals surface area contributed by atoms with Crippen LogP contribution in [0.5, 0.6) is 11.5 Å². The first-order valence-corrected chi connectivity index (χ1v) is 8.21. The molecular formula is C17H21NO8. The molecule has 1 aromatic carbocycles. The Kier molecular flexibility index (Phi) is 6.90. The molecule has 1 heterocycles. The third-order valence-electron chi connectivity index (χ3n) is 3.95. The summed E-state index contributed by atoms with van der Waals surface area (Å²) in [6, 6.07) is 3.25. The summed E-state index contributed by atoms with van der Waals surface area (Å²) in [5.41, 5.74) is 1.22. The van der Waals surface area contributed by atoms with Gasteiger partial charge in [-0.3, -0.25) is 9.59 Å². The van der Waals surface area contributed by atoms with Crippen LogP contribution in [0, 0.1) is 10.1 Å². The summed E-state index contributed by atoms with van der Waals surface area (Å²) < 4.78 is 16.2. The van der Waals surface area contributed by atoms with E-state index in [1.165, 1.54) is 7.11 Å². The van der Waals surface area contributed by atoms with Gasteiger partial charge >= 0.3 is 0 Å². The summed E-state index contributed by atoms with van der Waals surface area (Å²) in [5, 5.41) is 9.15.